The molecule has 67 heavy (non-hydrogen) atoms. The number of ether oxygens (including phenoxy) is 1. The second kappa shape index (κ2) is 47.4. The van der Waals surface area contributed by atoms with Crippen molar-refractivity contribution in [3.8, 4) is 0 Å². The summed E-state index contributed by atoms with van der Waals surface area (Å²) in [4.78, 5) is 37.4. The van der Waals surface area contributed by atoms with Gasteiger partial charge in [0.25, 0.3) is 0 Å². The quantitative estimate of drug-likeness (QED) is 0.0205. The molecule has 0 aromatic rings. The molecule has 0 radical (unpaired) electrons. The maximum atomic E-state index is 13.4. The molecule has 0 aliphatic carbocycles. The van der Waals surface area contributed by atoms with Gasteiger partial charge in [-0.3, -0.25) is 18.6 Å². The molecule has 0 aromatic carbocycles. The van der Waals surface area contributed by atoms with Crippen molar-refractivity contribution in [1.29, 1.82) is 0 Å². The van der Waals surface area contributed by atoms with Gasteiger partial charge in [0.1, 0.15) is 19.3 Å². The molecule has 0 saturated heterocycles. The largest absolute Gasteiger partial charge is 0.472 e. The molecular formula is C57H106N2O7P+. The van der Waals surface area contributed by atoms with Crippen molar-refractivity contribution >= 4 is 19.7 Å². The zero-order valence-corrected chi connectivity index (χ0v) is 45.3. The fourth-order valence-electron chi connectivity index (χ4n) is 7.63. The van der Waals surface area contributed by atoms with Gasteiger partial charge in [-0.25, -0.2) is 4.57 Å². The number of carbonyl (C=O) groups excluding carboxylic acids is 2. The van der Waals surface area contributed by atoms with Crippen molar-refractivity contribution in [2.75, 3.05) is 40.9 Å². The first-order chi connectivity index (χ1) is 32.4. The number of quaternary nitrogens is 1. The zero-order valence-electron chi connectivity index (χ0n) is 44.4. The Labute approximate surface area is 413 Å². The molecule has 0 aromatic heterocycles. The van der Waals surface area contributed by atoms with Gasteiger partial charge in [-0.15, -0.1) is 0 Å². The van der Waals surface area contributed by atoms with Gasteiger partial charge in [-0.2, -0.15) is 0 Å². The number of likely N-dealkylation sites (N-methyl/N-ethyl adjacent to an activating group) is 1. The third-order valence-corrected chi connectivity index (χ3v) is 12.9. The third kappa shape index (κ3) is 48.5. The Morgan fingerprint density at radius 3 is 1.40 bits per heavy atom. The Hall–Kier alpha value is -2.29. The van der Waals surface area contributed by atoms with Crippen LogP contribution in [0.3, 0.4) is 0 Å². The standard InChI is InChI=1S/C57H105N2O7P/c1-7-10-13-16-19-22-25-26-27-28-29-30-31-32-35-38-41-44-47-50-57(61)66-55(48-45-42-39-36-33-23-20-17-14-11-8-2)54(53-65-67(62,63)64-52-51-59(4,5)6)58-56(60)49-46-43-40-37-34-24-21-18-15-12-9-3/h19,22,26-27,29-30,32,35,45,48,54-55H,7-18,20-21,23-25,28,31,33-34,36-44,46-47,49-53H2,1-6H3,(H-,58,60,62,63)/p+1/b22-19-,27-26-,30-29-,35-32-,48-45+. The summed E-state index contributed by atoms with van der Waals surface area (Å²) in [6, 6.07) is -0.858. The summed E-state index contributed by atoms with van der Waals surface area (Å²) in [5.74, 6) is -0.542. The lowest BCUT2D eigenvalue weighted by Crippen LogP contribution is -2.47. The first-order valence-corrected chi connectivity index (χ1v) is 29.1. The van der Waals surface area contributed by atoms with E-state index in [4.69, 9.17) is 13.8 Å². The fraction of sp³-hybridized carbons (Fsp3) is 0.789. The molecule has 0 aliphatic rings. The third-order valence-electron chi connectivity index (χ3n) is 12.0. The second-order valence-corrected chi connectivity index (χ2v) is 21.2. The van der Waals surface area contributed by atoms with Crippen molar-refractivity contribution in [3.63, 3.8) is 0 Å². The van der Waals surface area contributed by atoms with Gasteiger partial charge in [-0.05, 0) is 76.7 Å². The molecule has 3 atom stereocenters. The van der Waals surface area contributed by atoms with Gasteiger partial charge in [0.05, 0.1) is 33.8 Å². The number of amides is 1. The number of phosphoric acid groups is 1. The summed E-state index contributed by atoms with van der Waals surface area (Å²) in [7, 11) is 1.48. The molecule has 9 nitrogen and oxygen atoms in total. The molecule has 0 bridgehead atoms. The van der Waals surface area contributed by atoms with E-state index in [0.29, 0.717) is 23.9 Å². The maximum Gasteiger partial charge on any atom is 0.472 e. The number of carbonyl (C=O) groups is 2. The zero-order chi connectivity index (χ0) is 49.4. The summed E-state index contributed by atoms with van der Waals surface area (Å²) in [5.41, 5.74) is 0. The number of esters is 1. The smallest absolute Gasteiger partial charge is 0.456 e. The molecule has 0 heterocycles. The SMILES string of the molecule is CCCCC/C=C\C/C=C\C/C=C\C/C=C\CCCCCC(=O)OC(/C=C/CCCCCCCCCCC)C(COP(=O)(O)OCC[N+](C)(C)C)NC(=O)CCCCCCCCCCCCC. The van der Waals surface area contributed by atoms with E-state index in [-0.39, 0.29) is 31.5 Å². The molecule has 0 fully saturated rings. The van der Waals surface area contributed by atoms with Gasteiger partial charge in [0, 0.05) is 12.8 Å². The van der Waals surface area contributed by atoms with Crippen LogP contribution < -0.4 is 5.32 Å². The Morgan fingerprint density at radius 1 is 0.522 bits per heavy atom. The number of phosphoric ester groups is 1. The van der Waals surface area contributed by atoms with Crippen LogP contribution in [-0.4, -0.2) is 74.3 Å². The van der Waals surface area contributed by atoms with Crippen molar-refractivity contribution in [1.82, 2.24) is 5.32 Å². The van der Waals surface area contributed by atoms with Crippen molar-refractivity contribution < 1.29 is 37.3 Å². The van der Waals surface area contributed by atoms with Crippen molar-refractivity contribution in [2.45, 2.75) is 251 Å². The predicted molar refractivity (Wildman–Crippen MR) is 286 cm³/mol. The lowest BCUT2D eigenvalue weighted by atomic mass is 10.0. The van der Waals surface area contributed by atoms with E-state index in [2.05, 4.69) is 74.7 Å². The van der Waals surface area contributed by atoms with Crippen LogP contribution in [0.1, 0.15) is 239 Å². The minimum Gasteiger partial charge on any atom is -0.456 e. The Bertz CT molecular complexity index is 1340. The van der Waals surface area contributed by atoms with Crippen molar-refractivity contribution in [2.24, 2.45) is 0 Å². The lowest BCUT2D eigenvalue weighted by molar-refractivity contribution is -0.870. The van der Waals surface area contributed by atoms with Crippen LogP contribution >= 0.6 is 7.82 Å². The van der Waals surface area contributed by atoms with Gasteiger partial charge >= 0.3 is 13.8 Å². The monoisotopic (exact) mass is 962 g/mol. The van der Waals surface area contributed by atoms with Gasteiger partial charge in [-0.1, -0.05) is 210 Å². The van der Waals surface area contributed by atoms with E-state index in [0.717, 1.165) is 77.0 Å². The number of unbranched alkanes of at least 4 members (excludes halogenated alkanes) is 25. The molecule has 0 saturated carbocycles. The number of nitrogens with one attached hydrogen (secondary N) is 1. The van der Waals surface area contributed by atoms with Crippen LogP contribution in [0, 0.1) is 0 Å². The first kappa shape index (κ1) is 64.7. The number of allylic oxidation sites excluding steroid dienone is 9. The van der Waals surface area contributed by atoms with Crippen molar-refractivity contribution in [3.05, 3.63) is 60.8 Å². The first-order valence-electron chi connectivity index (χ1n) is 27.6. The minimum atomic E-state index is -4.44. The predicted octanol–water partition coefficient (Wildman–Crippen LogP) is 16.3. The van der Waals surface area contributed by atoms with Crippen LogP contribution in [0.4, 0.5) is 0 Å². The molecule has 3 unspecified atom stereocenters. The Morgan fingerprint density at radius 2 is 0.910 bits per heavy atom. The van der Waals surface area contributed by atoms with Crippen LogP contribution in [0.15, 0.2) is 60.8 Å². The summed E-state index contributed by atoms with van der Waals surface area (Å²) in [5, 5.41) is 3.03. The topological polar surface area (TPSA) is 111 Å². The van der Waals surface area contributed by atoms with E-state index in [1.54, 1.807) is 0 Å². The normalized spacial score (nSPS) is 14.3. The molecule has 0 spiro atoms. The van der Waals surface area contributed by atoms with Gasteiger partial charge in [0.15, 0.2) is 0 Å². The van der Waals surface area contributed by atoms with E-state index in [1.807, 2.05) is 33.3 Å². The van der Waals surface area contributed by atoms with Crippen LogP contribution in [0.25, 0.3) is 0 Å². The van der Waals surface area contributed by atoms with E-state index in [1.165, 1.54) is 122 Å². The highest BCUT2D eigenvalue weighted by molar-refractivity contribution is 7.47. The maximum absolute atomic E-state index is 13.4. The Balaban J connectivity index is 5.38. The lowest BCUT2D eigenvalue weighted by Gasteiger charge is -2.27. The molecule has 1 amide bonds. The van der Waals surface area contributed by atoms with E-state index < -0.39 is 20.0 Å². The van der Waals surface area contributed by atoms with Gasteiger partial charge in [0.2, 0.25) is 5.91 Å². The van der Waals surface area contributed by atoms with Crippen LogP contribution in [0.5, 0.6) is 0 Å². The highest BCUT2D eigenvalue weighted by Gasteiger charge is 2.30. The van der Waals surface area contributed by atoms with Crippen LogP contribution in [0.2, 0.25) is 0 Å². The summed E-state index contributed by atoms with van der Waals surface area (Å²) < 4.78 is 30.5. The number of nitrogens with zero attached hydrogens (tertiary/aromatic N) is 1. The molecule has 0 rings (SSSR count). The Kier molecular flexibility index (Phi) is 45.8. The van der Waals surface area contributed by atoms with Crippen LogP contribution in [-0.2, 0) is 27.9 Å². The highest BCUT2D eigenvalue weighted by atomic mass is 31.2. The van der Waals surface area contributed by atoms with E-state index >= 15 is 0 Å². The van der Waals surface area contributed by atoms with Gasteiger partial charge < -0.3 is 19.4 Å². The number of hydrogen-bond donors (Lipinski definition) is 2. The summed E-state index contributed by atoms with van der Waals surface area (Å²) in [6.07, 6.45) is 57.8. The molecule has 390 valence electrons. The summed E-state index contributed by atoms with van der Waals surface area (Å²) >= 11 is 0. The highest BCUT2D eigenvalue weighted by Crippen LogP contribution is 2.43. The summed E-state index contributed by atoms with van der Waals surface area (Å²) in [6.45, 7) is 6.94. The average Bonchev–Trinajstić information content (AvgIpc) is 3.28. The van der Waals surface area contributed by atoms with E-state index in [9.17, 15) is 19.0 Å². The molecular weight excluding hydrogens is 856 g/mol. The second-order valence-electron chi connectivity index (χ2n) is 19.8. The number of hydrogen-bond acceptors (Lipinski definition) is 6. The average molecular weight is 962 g/mol. The molecule has 2 N–H and O–H groups in total. The molecule has 0 aliphatic heterocycles. The minimum absolute atomic E-state index is 0.0344. The number of rotatable bonds is 49. The fourth-order valence-corrected chi connectivity index (χ4v) is 8.36. The molecule has 10 heteroatoms.